The number of ether oxygens (including phenoxy) is 1. The molecule has 0 saturated carbocycles. The van der Waals surface area contributed by atoms with Crippen LogP contribution >= 0.6 is 23.2 Å². The van der Waals surface area contributed by atoms with Crippen LogP contribution in [0.2, 0.25) is 10.0 Å². The highest BCUT2D eigenvalue weighted by molar-refractivity contribution is 6.34. The zero-order chi connectivity index (χ0) is 14.4. The number of rotatable bonds is 7. The molecule has 2 rings (SSSR count). The van der Waals surface area contributed by atoms with E-state index < -0.39 is 0 Å². The summed E-state index contributed by atoms with van der Waals surface area (Å²) >= 11 is 11.8. The molecule has 20 heavy (non-hydrogen) atoms. The Morgan fingerprint density at radius 1 is 1.20 bits per heavy atom. The lowest BCUT2D eigenvalue weighted by molar-refractivity contribution is 0.248. The quantitative estimate of drug-likeness (QED) is 0.783. The summed E-state index contributed by atoms with van der Waals surface area (Å²) in [7, 11) is 0. The van der Waals surface area contributed by atoms with Gasteiger partial charge in [0.15, 0.2) is 5.76 Å². The molecule has 0 bridgehead atoms. The summed E-state index contributed by atoms with van der Waals surface area (Å²) in [6.45, 7) is 4.06. The van der Waals surface area contributed by atoms with Gasteiger partial charge in [-0.25, -0.2) is 0 Å². The van der Waals surface area contributed by atoms with Crippen LogP contribution in [0.5, 0.6) is 5.75 Å². The Morgan fingerprint density at radius 2 is 1.95 bits per heavy atom. The summed E-state index contributed by atoms with van der Waals surface area (Å²) in [5.41, 5.74) is 0.862. The van der Waals surface area contributed by atoms with Gasteiger partial charge in [0.2, 0.25) is 0 Å². The predicted molar refractivity (Wildman–Crippen MR) is 79.3 cm³/mol. The van der Waals surface area contributed by atoms with Crippen molar-refractivity contribution in [3.63, 3.8) is 0 Å². The van der Waals surface area contributed by atoms with Crippen LogP contribution in [0.1, 0.15) is 24.8 Å². The van der Waals surface area contributed by atoms with Crippen molar-refractivity contribution in [1.82, 2.24) is 10.5 Å². The van der Waals surface area contributed by atoms with Crippen molar-refractivity contribution in [2.75, 3.05) is 6.54 Å². The molecule has 1 N–H and O–H groups in total. The van der Waals surface area contributed by atoms with Gasteiger partial charge in [0.1, 0.15) is 12.4 Å². The Hall–Kier alpha value is -1.23. The minimum Gasteiger partial charge on any atom is -0.485 e. The van der Waals surface area contributed by atoms with E-state index in [-0.39, 0.29) is 6.61 Å². The van der Waals surface area contributed by atoms with E-state index >= 15 is 0 Å². The highest BCUT2D eigenvalue weighted by Crippen LogP contribution is 2.24. The molecule has 2 aromatic rings. The number of nitrogens with one attached hydrogen (secondary N) is 1. The number of halogens is 2. The lowest BCUT2D eigenvalue weighted by atomic mass is 10.3. The fraction of sp³-hybridized carbons (Fsp3) is 0.357. The number of nitrogens with zero attached hydrogens (tertiary/aromatic N) is 1. The van der Waals surface area contributed by atoms with Crippen molar-refractivity contribution in [1.29, 1.82) is 0 Å². The molecule has 0 amide bonds. The molecule has 0 fully saturated rings. The fourth-order valence-corrected chi connectivity index (χ4v) is 2.17. The maximum Gasteiger partial charge on any atom is 0.174 e. The smallest absolute Gasteiger partial charge is 0.174 e. The summed E-state index contributed by atoms with van der Waals surface area (Å²) in [5.74, 6) is 1.26. The van der Waals surface area contributed by atoms with Gasteiger partial charge in [-0.1, -0.05) is 35.3 Å². The van der Waals surface area contributed by atoms with E-state index in [1.165, 1.54) is 0 Å². The van der Waals surface area contributed by atoms with Crippen molar-refractivity contribution in [3.8, 4) is 5.75 Å². The van der Waals surface area contributed by atoms with Crippen LogP contribution in [-0.4, -0.2) is 11.7 Å². The molecule has 4 nitrogen and oxygen atoms in total. The van der Waals surface area contributed by atoms with Gasteiger partial charge in [-0.3, -0.25) is 0 Å². The monoisotopic (exact) mass is 314 g/mol. The van der Waals surface area contributed by atoms with Crippen LogP contribution in [0.25, 0.3) is 0 Å². The first-order valence-corrected chi connectivity index (χ1v) is 7.17. The second-order valence-electron chi connectivity index (χ2n) is 4.36. The van der Waals surface area contributed by atoms with Crippen LogP contribution < -0.4 is 10.1 Å². The summed E-state index contributed by atoms with van der Waals surface area (Å²) in [5, 5.41) is 8.29. The third kappa shape index (κ3) is 4.71. The molecule has 6 heteroatoms. The topological polar surface area (TPSA) is 47.3 Å². The highest BCUT2D eigenvalue weighted by atomic mass is 35.5. The van der Waals surface area contributed by atoms with Gasteiger partial charge in [0.05, 0.1) is 5.69 Å². The van der Waals surface area contributed by atoms with Crippen LogP contribution in [0.15, 0.2) is 28.8 Å². The predicted octanol–water partition coefficient (Wildman–Crippen LogP) is 4.06. The van der Waals surface area contributed by atoms with E-state index in [1.54, 1.807) is 18.2 Å². The first kappa shape index (κ1) is 15.2. The summed E-state index contributed by atoms with van der Waals surface area (Å²) in [6, 6.07) is 6.93. The SMILES string of the molecule is CCCNCc1cc(COc2cc(Cl)cc(Cl)c2)on1. The van der Waals surface area contributed by atoms with E-state index in [0.717, 1.165) is 18.7 Å². The highest BCUT2D eigenvalue weighted by Gasteiger charge is 2.06. The van der Waals surface area contributed by atoms with E-state index in [2.05, 4.69) is 17.4 Å². The van der Waals surface area contributed by atoms with Crippen LogP contribution in [0.4, 0.5) is 0 Å². The van der Waals surface area contributed by atoms with Crippen LogP contribution in [0.3, 0.4) is 0 Å². The summed E-state index contributed by atoms with van der Waals surface area (Å²) in [4.78, 5) is 0. The molecule has 108 valence electrons. The molecule has 0 saturated heterocycles. The van der Waals surface area contributed by atoms with E-state index in [1.807, 2.05) is 6.07 Å². The second kappa shape index (κ2) is 7.53. The fourth-order valence-electron chi connectivity index (χ4n) is 1.67. The van der Waals surface area contributed by atoms with Gasteiger partial charge in [0.25, 0.3) is 0 Å². The minimum atomic E-state index is 0.289. The van der Waals surface area contributed by atoms with E-state index in [0.29, 0.717) is 28.1 Å². The van der Waals surface area contributed by atoms with E-state index in [9.17, 15) is 0 Å². The summed E-state index contributed by atoms with van der Waals surface area (Å²) < 4.78 is 10.8. The average molecular weight is 315 g/mol. The van der Waals surface area contributed by atoms with Crippen molar-refractivity contribution >= 4 is 23.2 Å². The maximum absolute atomic E-state index is 5.90. The second-order valence-corrected chi connectivity index (χ2v) is 5.23. The summed E-state index contributed by atoms with van der Waals surface area (Å²) in [6.07, 6.45) is 1.09. The molecule has 0 spiro atoms. The van der Waals surface area contributed by atoms with E-state index in [4.69, 9.17) is 32.5 Å². The Bertz CT molecular complexity index is 538. The number of hydrogen-bond acceptors (Lipinski definition) is 4. The van der Waals surface area contributed by atoms with Crippen molar-refractivity contribution in [2.45, 2.75) is 26.5 Å². The number of aromatic nitrogens is 1. The molecular weight excluding hydrogens is 299 g/mol. The third-order valence-electron chi connectivity index (χ3n) is 2.56. The Labute approximate surface area is 128 Å². The lowest BCUT2D eigenvalue weighted by Gasteiger charge is -2.04. The van der Waals surface area contributed by atoms with Crippen LogP contribution in [0, 0.1) is 0 Å². The first-order chi connectivity index (χ1) is 9.67. The Kier molecular flexibility index (Phi) is 5.71. The normalized spacial score (nSPS) is 10.8. The molecule has 0 unspecified atom stereocenters. The molecule has 1 aromatic carbocycles. The average Bonchev–Trinajstić information content (AvgIpc) is 2.84. The Morgan fingerprint density at radius 3 is 2.65 bits per heavy atom. The largest absolute Gasteiger partial charge is 0.485 e. The molecule has 0 aliphatic heterocycles. The zero-order valence-corrected chi connectivity index (χ0v) is 12.7. The van der Waals surface area contributed by atoms with Gasteiger partial charge >= 0.3 is 0 Å². The van der Waals surface area contributed by atoms with Crippen molar-refractivity contribution in [3.05, 3.63) is 45.8 Å². The van der Waals surface area contributed by atoms with Crippen LogP contribution in [-0.2, 0) is 13.2 Å². The maximum atomic E-state index is 5.90. The number of hydrogen-bond donors (Lipinski definition) is 1. The molecule has 0 aliphatic rings. The molecule has 1 aromatic heterocycles. The van der Waals surface area contributed by atoms with Gasteiger partial charge in [0, 0.05) is 22.7 Å². The Balaban J connectivity index is 1.87. The third-order valence-corrected chi connectivity index (χ3v) is 2.99. The molecule has 0 radical (unpaired) electrons. The van der Waals surface area contributed by atoms with Gasteiger partial charge in [-0.05, 0) is 31.2 Å². The van der Waals surface area contributed by atoms with Crippen molar-refractivity contribution in [2.24, 2.45) is 0 Å². The molecule has 1 heterocycles. The molecular formula is C14H16Cl2N2O2. The van der Waals surface area contributed by atoms with Crippen molar-refractivity contribution < 1.29 is 9.26 Å². The lowest BCUT2D eigenvalue weighted by Crippen LogP contribution is -2.13. The standard InChI is InChI=1S/C14H16Cl2N2O2/c1-2-3-17-8-12-7-14(20-18-12)9-19-13-5-10(15)4-11(16)6-13/h4-7,17H,2-3,8-9H2,1H3. The minimum absolute atomic E-state index is 0.289. The zero-order valence-electron chi connectivity index (χ0n) is 11.2. The first-order valence-electron chi connectivity index (χ1n) is 6.41. The molecule has 0 aliphatic carbocycles. The van der Waals surface area contributed by atoms with Gasteiger partial charge in [-0.2, -0.15) is 0 Å². The van der Waals surface area contributed by atoms with Gasteiger partial charge < -0.3 is 14.6 Å². The number of benzene rings is 1. The molecule has 0 atom stereocenters. The van der Waals surface area contributed by atoms with Gasteiger partial charge in [-0.15, -0.1) is 0 Å².